The van der Waals surface area contributed by atoms with E-state index in [0.29, 0.717) is 6.54 Å². The number of fused-ring (bicyclic) bond motifs is 4. The molecule has 0 atom stereocenters. The fourth-order valence-electron chi connectivity index (χ4n) is 6.59. The SMILES string of the molecule is Cc1cccc(-c2[nH]c(C34CCC(C(=O)NCc5ccccc5)(CC3)CC4)nc2-c2ccc3c(c2)OCO3)n1. The van der Waals surface area contributed by atoms with Gasteiger partial charge in [0.15, 0.2) is 11.5 Å². The Morgan fingerprint density at radius 2 is 1.67 bits per heavy atom. The van der Waals surface area contributed by atoms with Gasteiger partial charge in [-0.1, -0.05) is 36.4 Å². The minimum Gasteiger partial charge on any atom is -0.454 e. The monoisotopic (exact) mass is 520 g/mol. The van der Waals surface area contributed by atoms with Gasteiger partial charge in [-0.15, -0.1) is 0 Å². The minimum atomic E-state index is -0.274. The second kappa shape index (κ2) is 9.26. The average Bonchev–Trinajstić information content (AvgIpc) is 3.65. The van der Waals surface area contributed by atoms with Crippen LogP contribution in [0.5, 0.6) is 11.5 Å². The second-order valence-electron chi connectivity index (χ2n) is 11.3. The number of imidazole rings is 1. The van der Waals surface area contributed by atoms with Crippen LogP contribution in [0, 0.1) is 12.3 Å². The van der Waals surface area contributed by atoms with Crippen molar-refractivity contribution in [3.63, 3.8) is 0 Å². The van der Waals surface area contributed by atoms with Crippen molar-refractivity contribution < 1.29 is 14.3 Å². The van der Waals surface area contributed by atoms with E-state index in [1.807, 2.05) is 61.5 Å². The molecule has 7 heteroatoms. The van der Waals surface area contributed by atoms with Crippen LogP contribution >= 0.6 is 0 Å². The van der Waals surface area contributed by atoms with E-state index in [9.17, 15) is 4.79 Å². The molecule has 39 heavy (non-hydrogen) atoms. The number of H-pyrrole nitrogens is 1. The number of carbonyl (C=O) groups is 1. The van der Waals surface area contributed by atoms with E-state index < -0.39 is 0 Å². The standard InChI is InChI=1S/C32H32N4O3/c1-21-6-5-9-24(34-21)28-27(23-10-11-25-26(18-23)39-20-38-25)35-29(36-28)31-12-15-32(16-13-31,17-14-31)30(37)33-19-22-7-3-2-4-8-22/h2-11,18H,12-17,19-20H2,1H3,(H,33,37)(H,35,36). The van der Waals surface area contributed by atoms with Gasteiger partial charge in [-0.05, 0) is 81.3 Å². The number of pyridine rings is 1. The Morgan fingerprint density at radius 1 is 0.897 bits per heavy atom. The Balaban J connectivity index is 1.18. The zero-order chi connectivity index (χ0) is 26.5. The van der Waals surface area contributed by atoms with Crippen LogP contribution in [0.3, 0.4) is 0 Å². The molecule has 0 spiro atoms. The van der Waals surface area contributed by atoms with Crippen LogP contribution in [0.15, 0.2) is 66.7 Å². The maximum absolute atomic E-state index is 13.4. The Hall–Kier alpha value is -4.13. The topological polar surface area (TPSA) is 89.1 Å². The van der Waals surface area contributed by atoms with Gasteiger partial charge in [0.1, 0.15) is 5.82 Å². The van der Waals surface area contributed by atoms with Crippen LogP contribution in [0.25, 0.3) is 22.6 Å². The number of ether oxygens (including phenoxy) is 2. The molecule has 2 aromatic heterocycles. The van der Waals surface area contributed by atoms with Crippen LogP contribution in [0.2, 0.25) is 0 Å². The summed E-state index contributed by atoms with van der Waals surface area (Å²) in [5.41, 5.74) is 5.39. The number of rotatable bonds is 6. The van der Waals surface area contributed by atoms with Crippen molar-refractivity contribution in [2.24, 2.45) is 5.41 Å². The van der Waals surface area contributed by atoms with Gasteiger partial charge in [0, 0.05) is 28.6 Å². The van der Waals surface area contributed by atoms with Crippen molar-refractivity contribution in [2.75, 3.05) is 6.79 Å². The number of hydrogen-bond acceptors (Lipinski definition) is 5. The van der Waals surface area contributed by atoms with Crippen molar-refractivity contribution >= 4 is 5.91 Å². The lowest BCUT2D eigenvalue weighted by atomic mass is 9.53. The summed E-state index contributed by atoms with van der Waals surface area (Å²) < 4.78 is 11.2. The number of benzene rings is 2. The summed E-state index contributed by atoms with van der Waals surface area (Å²) in [6.07, 6.45) is 5.48. The molecule has 3 heterocycles. The molecule has 4 aliphatic rings. The van der Waals surface area contributed by atoms with E-state index in [-0.39, 0.29) is 23.5 Å². The van der Waals surface area contributed by atoms with Crippen molar-refractivity contribution in [1.29, 1.82) is 0 Å². The van der Waals surface area contributed by atoms with Gasteiger partial charge in [-0.2, -0.15) is 0 Å². The van der Waals surface area contributed by atoms with Gasteiger partial charge in [0.05, 0.1) is 17.1 Å². The molecule has 3 saturated carbocycles. The number of amides is 1. The third-order valence-corrected chi connectivity index (χ3v) is 9.02. The molecular weight excluding hydrogens is 488 g/mol. The molecule has 1 amide bonds. The van der Waals surface area contributed by atoms with Gasteiger partial charge < -0.3 is 19.8 Å². The highest BCUT2D eigenvalue weighted by molar-refractivity contribution is 5.83. The summed E-state index contributed by atoms with van der Waals surface area (Å²) >= 11 is 0. The quantitative estimate of drug-likeness (QED) is 0.321. The lowest BCUT2D eigenvalue weighted by molar-refractivity contribution is -0.138. The Kier molecular flexibility index (Phi) is 5.69. The molecule has 7 nitrogen and oxygen atoms in total. The summed E-state index contributed by atoms with van der Waals surface area (Å²) in [5, 5.41) is 3.23. The molecule has 1 aliphatic heterocycles. The zero-order valence-corrected chi connectivity index (χ0v) is 22.1. The third kappa shape index (κ3) is 4.17. The van der Waals surface area contributed by atoms with E-state index >= 15 is 0 Å². The van der Waals surface area contributed by atoms with Gasteiger partial charge >= 0.3 is 0 Å². The highest BCUT2D eigenvalue weighted by atomic mass is 16.7. The van der Waals surface area contributed by atoms with Gasteiger partial charge in [-0.3, -0.25) is 9.78 Å². The highest BCUT2D eigenvalue weighted by Gasteiger charge is 2.54. The van der Waals surface area contributed by atoms with Crippen LogP contribution in [-0.2, 0) is 16.8 Å². The lowest BCUT2D eigenvalue weighted by Gasteiger charge is -2.51. The number of aromatic amines is 1. The molecule has 2 aromatic carbocycles. The average molecular weight is 521 g/mol. The molecule has 0 saturated heterocycles. The second-order valence-corrected chi connectivity index (χ2v) is 11.3. The van der Waals surface area contributed by atoms with E-state index in [1.165, 1.54) is 0 Å². The number of aromatic nitrogens is 3. The van der Waals surface area contributed by atoms with Crippen molar-refractivity contribution in [1.82, 2.24) is 20.3 Å². The number of nitrogens with zero attached hydrogens (tertiary/aromatic N) is 2. The van der Waals surface area contributed by atoms with Crippen molar-refractivity contribution in [3.8, 4) is 34.1 Å². The van der Waals surface area contributed by atoms with E-state index in [4.69, 9.17) is 19.4 Å². The molecule has 0 radical (unpaired) electrons. The first-order valence-electron chi connectivity index (χ1n) is 13.8. The first-order valence-corrected chi connectivity index (χ1v) is 13.8. The number of hydrogen-bond donors (Lipinski definition) is 2. The first kappa shape index (κ1) is 23.9. The van der Waals surface area contributed by atoms with Gasteiger partial charge in [0.2, 0.25) is 12.7 Å². The molecule has 3 fully saturated rings. The molecule has 3 aliphatic carbocycles. The Labute approximate surface area is 228 Å². The van der Waals surface area contributed by atoms with Crippen LogP contribution in [-0.4, -0.2) is 27.7 Å². The number of aryl methyl sites for hydroxylation is 1. The van der Waals surface area contributed by atoms with E-state index in [0.717, 1.165) is 89.8 Å². The molecular formula is C32H32N4O3. The highest BCUT2D eigenvalue weighted by Crippen LogP contribution is 2.58. The van der Waals surface area contributed by atoms with Gasteiger partial charge in [0.25, 0.3) is 0 Å². The molecule has 2 bridgehead atoms. The smallest absolute Gasteiger partial charge is 0.231 e. The first-order chi connectivity index (χ1) is 19.0. The van der Waals surface area contributed by atoms with Crippen LogP contribution in [0.4, 0.5) is 0 Å². The number of nitrogens with one attached hydrogen (secondary N) is 2. The molecule has 2 N–H and O–H groups in total. The van der Waals surface area contributed by atoms with Crippen LogP contribution < -0.4 is 14.8 Å². The maximum Gasteiger partial charge on any atom is 0.231 e. The van der Waals surface area contributed by atoms with E-state index in [2.05, 4.69) is 22.4 Å². The summed E-state index contributed by atoms with van der Waals surface area (Å²) in [5.74, 6) is 2.70. The van der Waals surface area contributed by atoms with Crippen molar-refractivity contribution in [3.05, 3.63) is 83.8 Å². The third-order valence-electron chi connectivity index (χ3n) is 9.02. The fraction of sp³-hybridized carbons (Fsp3) is 0.344. The normalized spacial score (nSPS) is 23.1. The summed E-state index contributed by atoms with van der Waals surface area (Å²) in [6, 6.07) is 22.2. The maximum atomic E-state index is 13.4. The summed E-state index contributed by atoms with van der Waals surface area (Å²) in [6.45, 7) is 2.82. The Bertz CT molecular complexity index is 1520. The predicted molar refractivity (Wildman–Crippen MR) is 148 cm³/mol. The van der Waals surface area contributed by atoms with Crippen molar-refractivity contribution in [2.45, 2.75) is 57.4 Å². The minimum absolute atomic E-state index is 0.0609. The fourth-order valence-corrected chi connectivity index (χ4v) is 6.59. The van der Waals surface area contributed by atoms with Crippen LogP contribution in [0.1, 0.15) is 55.6 Å². The molecule has 198 valence electrons. The summed E-state index contributed by atoms with van der Waals surface area (Å²) in [4.78, 5) is 27.2. The van der Waals surface area contributed by atoms with Gasteiger partial charge in [-0.25, -0.2) is 4.98 Å². The zero-order valence-electron chi connectivity index (χ0n) is 22.1. The molecule has 0 unspecified atom stereocenters. The Morgan fingerprint density at radius 3 is 2.44 bits per heavy atom. The molecule has 8 rings (SSSR count). The summed E-state index contributed by atoms with van der Waals surface area (Å²) in [7, 11) is 0. The predicted octanol–water partition coefficient (Wildman–Crippen LogP) is 6.08. The number of carbonyl (C=O) groups excluding carboxylic acids is 1. The lowest BCUT2D eigenvalue weighted by Crippen LogP contribution is -2.51. The molecule has 4 aromatic rings. The largest absolute Gasteiger partial charge is 0.454 e. The van der Waals surface area contributed by atoms with E-state index in [1.54, 1.807) is 0 Å².